The summed E-state index contributed by atoms with van der Waals surface area (Å²) in [5.74, 6) is 5.29. The van der Waals surface area contributed by atoms with E-state index in [1.54, 1.807) is 32.1 Å². The summed E-state index contributed by atoms with van der Waals surface area (Å²) in [5.41, 5.74) is 6.82. The van der Waals surface area contributed by atoms with Crippen LogP contribution < -0.4 is 10.9 Å². The van der Waals surface area contributed by atoms with Crippen molar-refractivity contribution >= 4 is 12.4 Å². The molecule has 0 radical (unpaired) electrons. The molecule has 0 aromatic rings. The molecular weight excluding hydrogens is 232 g/mol. The number of hydrogen-bond acceptors (Lipinski definition) is 2. The predicted octanol–water partition coefficient (Wildman–Crippen LogP) is 2.98. The lowest BCUT2D eigenvalue weighted by Crippen LogP contribution is -2.51. The van der Waals surface area contributed by atoms with Gasteiger partial charge in [0, 0.05) is 12.6 Å². The second-order valence-corrected chi connectivity index (χ2v) is 6.77. The standard InChI is InChI=1S/C14H26N2.ClH/c1-9(2)16-15-8-14-12-4-10-3-11(6-12)7-13(14)5-10;/h9-16H,3-8H2,1-2H3;1H. The van der Waals surface area contributed by atoms with Crippen LogP contribution in [0.2, 0.25) is 0 Å². The number of hydrazine groups is 1. The molecule has 4 rings (SSSR count). The van der Waals surface area contributed by atoms with Gasteiger partial charge in [-0.2, -0.15) is 0 Å². The van der Waals surface area contributed by atoms with Crippen LogP contribution in [0, 0.1) is 29.6 Å². The van der Waals surface area contributed by atoms with Gasteiger partial charge in [-0.25, -0.2) is 0 Å². The molecular formula is C14H27ClN2. The number of rotatable bonds is 4. The van der Waals surface area contributed by atoms with Gasteiger partial charge in [-0.3, -0.25) is 10.9 Å². The van der Waals surface area contributed by atoms with Crippen LogP contribution in [-0.4, -0.2) is 12.6 Å². The fourth-order valence-electron chi connectivity index (χ4n) is 4.75. The molecule has 2 nitrogen and oxygen atoms in total. The summed E-state index contributed by atoms with van der Waals surface area (Å²) in [4.78, 5) is 0. The second-order valence-electron chi connectivity index (χ2n) is 6.77. The van der Waals surface area contributed by atoms with E-state index in [9.17, 15) is 0 Å². The van der Waals surface area contributed by atoms with Crippen LogP contribution in [0.3, 0.4) is 0 Å². The molecule has 4 bridgehead atoms. The molecule has 4 fully saturated rings. The highest BCUT2D eigenvalue weighted by atomic mass is 35.5. The lowest BCUT2D eigenvalue weighted by atomic mass is 9.52. The van der Waals surface area contributed by atoms with Crippen molar-refractivity contribution in [2.75, 3.05) is 6.54 Å². The van der Waals surface area contributed by atoms with Crippen LogP contribution in [-0.2, 0) is 0 Å². The molecule has 0 aromatic carbocycles. The van der Waals surface area contributed by atoms with Gasteiger partial charge in [-0.1, -0.05) is 0 Å². The highest BCUT2D eigenvalue weighted by Crippen LogP contribution is 2.56. The van der Waals surface area contributed by atoms with E-state index in [1.807, 2.05) is 0 Å². The van der Waals surface area contributed by atoms with Crippen LogP contribution in [0.4, 0.5) is 0 Å². The Hall–Kier alpha value is 0.210. The van der Waals surface area contributed by atoms with E-state index in [2.05, 4.69) is 24.7 Å². The summed E-state index contributed by atoms with van der Waals surface area (Å²) in [6.07, 6.45) is 7.74. The summed E-state index contributed by atoms with van der Waals surface area (Å²) in [5, 5.41) is 0. The average molecular weight is 259 g/mol. The van der Waals surface area contributed by atoms with Gasteiger partial charge >= 0.3 is 0 Å². The summed E-state index contributed by atoms with van der Waals surface area (Å²) in [7, 11) is 0. The minimum Gasteiger partial charge on any atom is -0.257 e. The fraction of sp³-hybridized carbons (Fsp3) is 1.00. The van der Waals surface area contributed by atoms with E-state index in [-0.39, 0.29) is 12.4 Å². The Morgan fingerprint density at radius 1 is 0.941 bits per heavy atom. The van der Waals surface area contributed by atoms with Gasteiger partial charge in [0.05, 0.1) is 0 Å². The van der Waals surface area contributed by atoms with Crippen molar-refractivity contribution in [3.63, 3.8) is 0 Å². The van der Waals surface area contributed by atoms with Crippen molar-refractivity contribution < 1.29 is 0 Å². The molecule has 4 aliphatic rings. The zero-order valence-electron chi connectivity index (χ0n) is 11.1. The first-order chi connectivity index (χ1) is 7.72. The van der Waals surface area contributed by atoms with E-state index in [0.717, 1.165) is 29.6 Å². The van der Waals surface area contributed by atoms with Crippen LogP contribution in [0.1, 0.15) is 46.0 Å². The largest absolute Gasteiger partial charge is 0.257 e. The molecule has 0 saturated heterocycles. The fourth-order valence-corrected chi connectivity index (χ4v) is 4.75. The lowest BCUT2D eigenvalue weighted by molar-refractivity contribution is -0.0368. The zero-order valence-corrected chi connectivity index (χ0v) is 11.9. The maximum atomic E-state index is 3.46. The Kier molecular flexibility index (Phi) is 4.38. The van der Waals surface area contributed by atoms with E-state index in [1.165, 1.54) is 6.54 Å². The maximum Gasteiger partial charge on any atom is 0.0156 e. The average Bonchev–Trinajstić information content (AvgIpc) is 2.20. The zero-order chi connectivity index (χ0) is 11.1. The monoisotopic (exact) mass is 258 g/mol. The first-order valence-electron chi connectivity index (χ1n) is 7.20. The minimum atomic E-state index is 0. The van der Waals surface area contributed by atoms with Gasteiger partial charge in [0.2, 0.25) is 0 Å². The third-order valence-corrected chi connectivity index (χ3v) is 5.15. The first kappa shape index (κ1) is 13.6. The number of hydrogen-bond donors (Lipinski definition) is 2. The molecule has 0 unspecified atom stereocenters. The van der Waals surface area contributed by atoms with Gasteiger partial charge in [-0.15, -0.1) is 12.4 Å². The molecule has 0 heterocycles. The summed E-state index contributed by atoms with van der Waals surface area (Å²) in [6.45, 7) is 5.60. The number of halogens is 1. The van der Waals surface area contributed by atoms with Gasteiger partial charge in [0.1, 0.15) is 0 Å². The third-order valence-electron chi connectivity index (χ3n) is 5.15. The summed E-state index contributed by atoms with van der Waals surface area (Å²) in [6, 6.07) is 0.553. The Bertz CT molecular complexity index is 227. The van der Waals surface area contributed by atoms with Crippen molar-refractivity contribution in [2.24, 2.45) is 29.6 Å². The summed E-state index contributed by atoms with van der Waals surface area (Å²) < 4.78 is 0. The van der Waals surface area contributed by atoms with E-state index < -0.39 is 0 Å². The SMILES string of the molecule is CC(C)NNCC1C2CC3CC(C2)CC1C3.Cl. The first-order valence-corrected chi connectivity index (χ1v) is 7.20. The smallest absolute Gasteiger partial charge is 0.0156 e. The summed E-state index contributed by atoms with van der Waals surface area (Å²) >= 11 is 0. The highest BCUT2D eigenvalue weighted by Gasteiger charge is 2.47. The van der Waals surface area contributed by atoms with E-state index >= 15 is 0 Å². The molecule has 0 amide bonds. The van der Waals surface area contributed by atoms with Crippen molar-refractivity contribution in [1.82, 2.24) is 10.9 Å². The minimum absolute atomic E-state index is 0. The normalized spacial score (nSPS) is 42.9. The molecule has 17 heavy (non-hydrogen) atoms. The van der Waals surface area contributed by atoms with Crippen LogP contribution in [0.5, 0.6) is 0 Å². The Balaban J connectivity index is 0.00000108. The molecule has 0 atom stereocenters. The molecule has 0 spiro atoms. The molecule has 0 aromatic heterocycles. The predicted molar refractivity (Wildman–Crippen MR) is 74.1 cm³/mol. The van der Waals surface area contributed by atoms with Crippen molar-refractivity contribution in [2.45, 2.75) is 52.0 Å². The highest BCUT2D eigenvalue weighted by molar-refractivity contribution is 5.85. The molecule has 2 N–H and O–H groups in total. The van der Waals surface area contributed by atoms with Crippen LogP contribution >= 0.6 is 12.4 Å². The molecule has 4 saturated carbocycles. The van der Waals surface area contributed by atoms with Gasteiger partial charge in [-0.05, 0) is 75.5 Å². The molecule has 4 aliphatic carbocycles. The molecule has 0 aliphatic heterocycles. The lowest BCUT2D eigenvalue weighted by Gasteiger charge is -2.54. The molecule has 100 valence electrons. The van der Waals surface area contributed by atoms with Crippen molar-refractivity contribution in [3.05, 3.63) is 0 Å². The second kappa shape index (κ2) is 5.46. The van der Waals surface area contributed by atoms with Crippen molar-refractivity contribution in [1.29, 1.82) is 0 Å². The quantitative estimate of drug-likeness (QED) is 0.758. The Morgan fingerprint density at radius 2 is 1.47 bits per heavy atom. The topological polar surface area (TPSA) is 24.1 Å². The maximum absolute atomic E-state index is 3.46. The van der Waals surface area contributed by atoms with Crippen LogP contribution in [0.25, 0.3) is 0 Å². The molecule has 3 heteroatoms. The Morgan fingerprint density at radius 3 is 1.94 bits per heavy atom. The Labute approximate surface area is 112 Å². The van der Waals surface area contributed by atoms with E-state index in [0.29, 0.717) is 6.04 Å². The van der Waals surface area contributed by atoms with Gasteiger partial charge < -0.3 is 0 Å². The van der Waals surface area contributed by atoms with Gasteiger partial charge in [0.25, 0.3) is 0 Å². The van der Waals surface area contributed by atoms with Gasteiger partial charge in [0.15, 0.2) is 0 Å². The third kappa shape index (κ3) is 2.80. The van der Waals surface area contributed by atoms with Crippen molar-refractivity contribution in [3.8, 4) is 0 Å². The van der Waals surface area contributed by atoms with E-state index in [4.69, 9.17) is 0 Å². The number of nitrogens with one attached hydrogen (secondary N) is 2. The van der Waals surface area contributed by atoms with Crippen LogP contribution in [0.15, 0.2) is 0 Å².